The van der Waals surface area contributed by atoms with E-state index in [1.54, 1.807) is 0 Å². The average Bonchev–Trinajstić information content (AvgIpc) is 2.59. The number of halogens is 1. The molecule has 0 amide bonds. The Morgan fingerprint density at radius 3 is 2.33 bits per heavy atom. The maximum atomic E-state index is 12.8. The van der Waals surface area contributed by atoms with Crippen molar-refractivity contribution in [2.24, 2.45) is 0 Å². The third kappa shape index (κ3) is 4.09. The average molecular weight is 353 g/mol. The summed E-state index contributed by atoms with van der Waals surface area (Å²) in [5.41, 5.74) is 0.209. The summed E-state index contributed by atoms with van der Waals surface area (Å²) in [6, 6.07) is 9.07. The highest BCUT2D eigenvalue weighted by Crippen LogP contribution is 2.28. The van der Waals surface area contributed by atoms with Crippen LogP contribution in [0.3, 0.4) is 0 Å². The van der Waals surface area contributed by atoms with E-state index < -0.39 is 28.2 Å². The van der Waals surface area contributed by atoms with E-state index >= 15 is 0 Å². The summed E-state index contributed by atoms with van der Waals surface area (Å²) < 4.78 is 49.8. The molecule has 0 bridgehead atoms. The summed E-state index contributed by atoms with van der Waals surface area (Å²) in [5.74, 6) is -0.426. The van der Waals surface area contributed by atoms with Gasteiger partial charge in [0.15, 0.2) is 5.78 Å². The Labute approximate surface area is 139 Å². The van der Waals surface area contributed by atoms with Crippen molar-refractivity contribution in [3.05, 3.63) is 53.8 Å². The molecule has 0 aliphatic heterocycles. The topological polar surface area (TPSA) is 81.7 Å². The van der Waals surface area contributed by atoms with E-state index in [2.05, 4.69) is 4.72 Å². The maximum absolute atomic E-state index is 12.8. The highest BCUT2D eigenvalue weighted by atomic mass is 32.2. The molecule has 2 aromatic rings. The summed E-state index contributed by atoms with van der Waals surface area (Å²) in [4.78, 5) is 11.9. The minimum absolute atomic E-state index is 0.0936. The van der Waals surface area contributed by atoms with Crippen LogP contribution in [-0.4, -0.2) is 35.0 Å². The molecule has 24 heavy (non-hydrogen) atoms. The predicted molar refractivity (Wildman–Crippen MR) is 85.5 cm³/mol. The fraction of sp³-hybridized carbons (Fsp3) is 0.188. The van der Waals surface area contributed by atoms with Gasteiger partial charge in [0.05, 0.1) is 20.8 Å². The second-order valence-electron chi connectivity index (χ2n) is 4.77. The summed E-state index contributed by atoms with van der Waals surface area (Å²) in [5, 5.41) is 0. The molecular formula is C16H16FNO5S. The van der Waals surface area contributed by atoms with Crippen molar-refractivity contribution in [1.82, 2.24) is 4.72 Å². The van der Waals surface area contributed by atoms with E-state index in [9.17, 15) is 17.6 Å². The largest absolute Gasteiger partial charge is 0.497 e. The lowest BCUT2D eigenvalue weighted by atomic mass is 10.1. The molecule has 0 heterocycles. The van der Waals surface area contributed by atoms with Crippen LogP contribution in [0.5, 0.6) is 11.5 Å². The van der Waals surface area contributed by atoms with Gasteiger partial charge in [-0.3, -0.25) is 4.79 Å². The molecule has 0 aliphatic carbocycles. The summed E-state index contributed by atoms with van der Waals surface area (Å²) in [7, 11) is -1.19. The molecule has 0 radical (unpaired) electrons. The first-order chi connectivity index (χ1) is 11.4. The third-order valence-corrected chi connectivity index (χ3v) is 4.69. The van der Waals surface area contributed by atoms with Gasteiger partial charge >= 0.3 is 0 Å². The van der Waals surface area contributed by atoms with Crippen LogP contribution in [0.2, 0.25) is 0 Å². The van der Waals surface area contributed by atoms with Gasteiger partial charge in [0.2, 0.25) is 10.0 Å². The Balaban J connectivity index is 2.16. The van der Waals surface area contributed by atoms with Gasteiger partial charge in [-0.1, -0.05) is 0 Å². The van der Waals surface area contributed by atoms with Gasteiger partial charge in [-0.15, -0.1) is 0 Å². The third-order valence-electron chi connectivity index (χ3n) is 3.25. The van der Waals surface area contributed by atoms with Gasteiger partial charge in [-0.25, -0.2) is 17.5 Å². The molecule has 0 atom stereocenters. The van der Waals surface area contributed by atoms with Crippen molar-refractivity contribution in [2.45, 2.75) is 4.90 Å². The lowest BCUT2D eigenvalue weighted by molar-refractivity contribution is 0.0997. The molecule has 0 aromatic heterocycles. The molecular weight excluding hydrogens is 337 g/mol. The molecule has 128 valence electrons. The zero-order valence-electron chi connectivity index (χ0n) is 13.1. The Bertz CT molecular complexity index is 834. The fourth-order valence-electron chi connectivity index (χ4n) is 1.97. The van der Waals surface area contributed by atoms with Gasteiger partial charge in [-0.05, 0) is 36.4 Å². The van der Waals surface area contributed by atoms with Crippen LogP contribution in [0.15, 0.2) is 47.4 Å². The van der Waals surface area contributed by atoms with Crippen LogP contribution in [0.25, 0.3) is 0 Å². The first-order valence-electron chi connectivity index (χ1n) is 6.88. The Kier molecular flexibility index (Phi) is 5.53. The zero-order valence-corrected chi connectivity index (χ0v) is 13.9. The van der Waals surface area contributed by atoms with Crippen LogP contribution in [0, 0.1) is 5.82 Å². The van der Waals surface area contributed by atoms with Crippen LogP contribution >= 0.6 is 0 Å². The number of carbonyl (C=O) groups excluding carboxylic acids is 1. The molecule has 0 spiro atoms. The zero-order chi connectivity index (χ0) is 17.7. The molecule has 0 unspecified atom stereocenters. The van der Waals surface area contributed by atoms with E-state index in [-0.39, 0.29) is 16.2 Å². The lowest BCUT2D eigenvalue weighted by Crippen LogP contribution is -2.30. The second-order valence-corrected chi connectivity index (χ2v) is 6.51. The van der Waals surface area contributed by atoms with Gasteiger partial charge in [0.25, 0.3) is 0 Å². The number of ketones is 1. The van der Waals surface area contributed by atoms with Crippen LogP contribution in [0.4, 0.5) is 4.39 Å². The summed E-state index contributed by atoms with van der Waals surface area (Å²) in [6.07, 6.45) is 0. The number of rotatable bonds is 7. The van der Waals surface area contributed by atoms with Gasteiger partial charge in [-0.2, -0.15) is 0 Å². The van der Waals surface area contributed by atoms with E-state index in [1.807, 2.05) is 0 Å². The Morgan fingerprint density at radius 2 is 1.75 bits per heavy atom. The molecule has 1 N–H and O–H groups in total. The molecule has 0 aliphatic rings. The number of hydrogen-bond donors (Lipinski definition) is 1. The minimum Gasteiger partial charge on any atom is -0.497 e. The molecule has 0 fully saturated rings. The Hall–Kier alpha value is -2.45. The summed E-state index contributed by atoms with van der Waals surface area (Å²) >= 11 is 0. The number of nitrogens with one attached hydrogen (secondary N) is 1. The van der Waals surface area contributed by atoms with Crippen molar-refractivity contribution in [3.8, 4) is 11.5 Å². The first kappa shape index (κ1) is 17.9. The van der Waals surface area contributed by atoms with Crippen molar-refractivity contribution in [2.75, 3.05) is 20.8 Å². The number of methoxy groups -OCH3 is 2. The van der Waals surface area contributed by atoms with Crippen molar-refractivity contribution >= 4 is 15.8 Å². The van der Waals surface area contributed by atoms with Crippen molar-refractivity contribution < 1.29 is 27.1 Å². The molecule has 8 heteroatoms. The molecule has 0 saturated carbocycles. The number of carbonyl (C=O) groups is 1. The number of benzene rings is 2. The lowest BCUT2D eigenvalue weighted by Gasteiger charge is -2.11. The normalized spacial score (nSPS) is 11.1. The quantitative estimate of drug-likeness (QED) is 0.770. The van der Waals surface area contributed by atoms with Crippen LogP contribution in [-0.2, 0) is 10.0 Å². The van der Waals surface area contributed by atoms with Crippen LogP contribution in [0.1, 0.15) is 10.4 Å². The van der Waals surface area contributed by atoms with E-state index in [0.29, 0.717) is 5.75 Å². The smallest absolute Gasteiger partial charge is 0.244 e. The first-order valence-corrected chi connectivity index (χ1v) is 8.36. The molecule has 0 saturated heterocycles. The molecule has 2 aromatic carbocycles. The van der Waals surface area contributed by atoms with Crippen molar-refractivity contribution in [3.63, 3.8) is 0 Å². The standard InChI is InChI=1S/C16H16FNO5S/c1-22-13-7-8-16(15(9-13)23-2)24(20,21)18-10-14(19)11-3-5-12(17)6-4-11/h3-9,18H,10H2,1-2H3. The van der Waals surface area contributed by atoms with Gasteiger partial charge in [0.1, 0.15) is 22.2 Å². The molecule has 2 rings (SSSR count). The number of Topliss-reactive ketones (excluding diaryl/α,β-unsaturated/α-hetero) is 1. The highest BCUT2D eigenvalue weighted by molar-refractivity contribution is 7.89. The monoisotopic (exact) mass is 353 g/mol. The van der Waals surface area contributed by atoms with E-state index in [1.165, 1.54) is 44.6 Å². The number of hydrogen-bond acceptors (Lipinski definition) is 5. The van der Waals surface area contributed by atoms with Crippen LogP contribution < -0.4 is 14.2 Å². The number of ether oxygens (including phenoxy) is 2. The summed E-state index contributed by atoms with van der Waals surface area (Å²) in [6.45, 7) is -0.455. The number of sulfonamides is 1. The maximum Gasteiger partial charge on any atom is 0.244 e. The minimum atomic E-state index is -3.96. The Morgan fingerprint density at radius 1 is 1.08 bits per heavy atom. The SMILES string of the molecule is COc1ccc(S(=O)(=O)NCC(=O)c2ccc(F)cc2)c(OC)c1. The van der Waals surface area contributed by atoms with Gasteiger partial charge < -0.3 is 9.47 Å². The van der Waals surface area contributed by atoms with Crippen molar-refractivity contribution in [1.29, 1.82) is 0 Å². The second kappa shape index (κ2) is 7.41. The van der Waals surface area contributed by atoms with E-state index in [0.717, 1.165) is 12.1 Å². The highest BCUT2D eigenvalue weighted by Gasteiger charge is 2.21. The van der Waals surface area contributed by atoms with E-state index in [4.69, 9.17) is 9.47 Å². The molecule has 6 nitrogen and oxygen atoms in total. The predicted octanol–water partition coefficient (Wildman–Crippen LogP) is 2.00. The fourth-order valence-corrected chi connectivity index (χ4v) is 3.10. The van der Waals surface area contributed by atoms with Gasteiger partial charge in [0, 0.05) is 11.6 Å².